The molecule has 2 N–H and O–H groups in total. The molecule has 0 unspecified atom stereocenters. The highest BCUT2D eigenvalue weighted by Crippen LogP contribution is 2.29. The Balaban J connectivity index is 1.73. The zero-order valence-electron chi connectivity index (χ0n) is 19.5. The zero-order chi connectivity index (χ0) is 24.0. The highest BCUT2D eigenvalue weighted by molar-refractivity contribution is 6.06. The standard InChI is InChI=1S/C25H32N4O4/c1-4-28(5-2)23(30)17-27-12-14-29(15-13-27)22-11-10-20(25(32)33)16-21(22)26-24(31)19-8-6-18(3)7-9-19/h6-11,16H,4-5,12-15,17H2,1-3H3,(H,26,31)(H,32,33). The number of hydrogen-bond acceptors (Lipinski definition) is 5. The highest BCUT2D eigenvalue weighted by Gasteiger charge is 2.23. The number of amides is 2. The summed E-state index contributed by atoms with van der Waals surface area (Å²) in [7, 11) is 0. The number of carbonyl (C=O) groups is 3. The van der Waals surface area contributed by atoms with E-state index in [1.807, 2.05) is 37.8 Å². The number of nitrogens with one attached hydrogen (secondary N) is 1. The molecule has 1 aliphatic rings. The van der Waals surface area contributed by atoms with Crippen molar-refractivity contribution in [2.75, 3.05) is 56.0 Å². The Bertz CT molecular complexity index is 994. The van der Waals surface area contributed by atoms with Gasteiger partial charge < -0.3 is 20.2 Å². The lowest BCUT2D eigenvalue weighted by Crippen LogP contribution is -2.50. The number of carboxylic acid groups (broad SMARTS) is 1. The molecule has 1 fully saturated rings. The predicted molar refractivity (Wildman–Crippen MR) is 129 cm³/mol. The van der Waals surface area contributed by atoms with E-state index in [4.69, 9.17) is 0 Å². The molecule has 2 aromatic carbocycles. The van der Waals surface area contributed by atoms with E-state index in [2.05, 4.69) is 15.1 Å². The topological polar surface area (TPSA) is 93.2 Å². The third-order valence-electron chi connectivity index (χ3n) is 5.99. The molecular formula is C25H32N4O4. The molecule has 2 aromatic rings. The van der Waals surface area contributed by atoms with Gasteiger partial charge in [0, 0.05) is 44.8 Å². The minimum atomic E-state index is -1.05. The molecule has 0 spiro atoms. The van der Waals surface area contributed by atoms with Gasteiger partial charge in [-0.3, -0.25) is 14.5 Å². The minimum absolute atomic E-state index is 0.112. The molecule has 0 saturated carbocycles. The zero-order valence-corrected chi connectivity index (χ0v) is 19.5. The number of aromatic carboxylic acids is 1. The number of piperazine rings is 1. The van der Waals surface area contributed by atoms with Crippen molar-refractivity contribution in [2.24, 2.45) is 0 Å². The predicted octanol–water partition coefficient (Wildman–Crippen LogP) is 2.94. The van der Waals surface area contributed by atoms with E-state index < -0.39 is 5.97 Å². The largest absolute Gasteiger partial charge is 0.478 e. The summed E-state index contributed by atoms with van der Waals surface area (Å²) in [6, 6.07) is 12.0. The summed E-state index contributed by atoms with van der Waals surface area (Å²) in [6.45, 7) is 10.5. The summed E-state index contributed by atoms with van der Waals surface area (Å²) < 4.78 is 0. The van der Waals surface area contributed by atoms with Crippen molar-refractivity contribution >= 4 is 29.2 Å². The van der Waals surface area contributed by atoms with Crippen LogP contribution >= 0.6 is 0 Å². The number of carbonyl (C=O) groups excluding carboxylic acids is 2. The minimum Gasteiger partial charge on any atom is -0.478 e. The van der Waals surface area contributed by atoms with Gasteiger partial charge in [0.1, 0.15) is 0 Å². The van der Waals surface area contributed by atoms with Crippen LogP contribution in [-0.2, 0) is 4.79 Å². The van der Waals surface area contributed by atoms with Crippen molar-refractivity contribution in [1.82, 2.24) is 9.80 Å². The molecule has 1 saturated heterocycles. The molecule has 8 heteroatoms. The van der Waals surface area contributed by atoms with Crippen LogP contribution in [0, 0.1) is 6.92 Å². The highest BCUT2D eigenvalue weighted by atomic mass is 16.4. The molecule has 3 rings (SSSR count). The van der Waals surface area contributed by atoms with Crippen LogP contribution < -0.4 is 10.2 Å². The molecule has 0 aliphatic carbocycles. The average molecular weight is 453 g/mol. The molecule has 1 aliphatic heterocycles. The fourth-order valence-electron chi connectivity index (χ4n) is 3.96. The van der Waals surface area contributed by atoms with Crippen LogP contribution in [0.2, 0.25) is 0 Å². The van der Waals surface area contributed by atoms with Gasteiger partial charge in [0.2, 0.25) is 5.91 Å². The van der Waals surface area contributed by atoms with E-state index in [0.29, 0.717) is 57.1 Å². The molecule has 0 aromatic heterocycles. The Morgan fingerprint density at radius 1 is 0.939 bits per heavy atom. The Kier molecular flexibility index (Phi) is 8.06. The van der Waals surface area contributed by atoms with Gasteiger partial charge in [0.25, 0.3) is 5.91 Å². The summed E-state index contributed by atoms with van der Waals surface area (Å²) in [5.74, 6) is -1.21. The first kappa shape index (κ1) is 24.3. The second-order valence-electron chi connectivity index (χ2n) is 8.19. The lowest BCUT2D eigenvalue weighted by atomic mass is 10.1. The van der Waals surface area contributed by atoms with E-state index in [1.165, 1.54) is 6.07 Å². The van der Waals surface area contributed by atoms with Crippen LogP contribution in [0.15, 0.2) is 42.5 Å². The van der Waals surface area contributed by atoms with Crippen LogP contribution in [0.1, 0.15) is 40.1 Å². The van der Waals surface area contributed by atoms with Crippen molar-refractivity contribution < 1.29 is 19.5 Å². The van der Waals surface area contributed by atoms with Crippen molar-refractivity contribution in [3.05, 3.63) is 59.2 Å². The number of aryl methyl sites for hydroxylation is 1. The van der Waals surface area contributed by atoms with Gasteiger partial charge in [-0.05, 0) is 51.1 Å². The van der Waals surface area contributed by atoms with Crippen molar-refractivity contribution in [3.63, 3.8) is 0 Å². The maximum Gasteiger partial charge on any atom is 0.335 e. The Hall–Kier alpha value is -3.39. The Morgan fingerprint density at radius 3 is 2.12 bits per heavy atom. The molecule has 0 atom stereocenters. The normalized spacial score (nSPS) is 14.1. The van der Waals surface area contributed by atoms with E-state index in [1.54, 1.807) is 24.3 Å². The lowest BCUT2D eigenvalue weighted by molar-refractivity contribution is -0.132. The number of anilines is 2. The van der Waals surface area contributed by atoms with Crippen LogP contribution in [-0.4, -0.2) is 78.5 Å². The SMILES string of the molecule is CCN(CC)C(=O)CN1CCN(c2ccc(C(=O)O)cc2NC(=O)c2ccc(C)cc2)CC1. The molecule has 0 radical (unpaired) electrons. The van der Waals surface area contributed by atoms with Crippen molar-refractivity contribution in [3.8, 4) is 0 Å². The number of nitrogens with zero attached hydrogens (tertiary/aromatic N) is 3. The first-order chi connectivity index (χ1) is 15.8. The summed E-state index contributed by atoms with van der Waals surface area (Å²) in [4.78, 5) is 42.8. The summed E-state index contributed by atoms with van der Waals surface area (Å²) in [5, 5.41) is 12.3. The van der Waals surface area contributed by atoms with Gasteiger partial charge in [-0.15, -0.1) is 0 Å². The van der Waals surface area contributed by atoms with E-state index in [-0.39, 0.29) is 17.4 Å². The molecular weight excluding hydrogens is 420 g/mol. The van der Waals surface area contributed by atoms with Gasteiger partial charge in [-0.1, -0.05) is 17.7 Å². The summed E-state index contributed by atoms with van der Waals surface area (Å²) in [5.41, 5.74) is 2.91. The maximum atomic E-state index is 12.8. The number of carboxylic acids is 1. The third-order valence-corrected chi connectivity index (χ3v) is 5.99. The quantitative estimate of drug-likeness (QED) is 0.640. The van der Waals surface area contributed by atoms with E-state index in [0.717, 1.165) is 11.3 Å². The maximum absolute atomic E-state index is 12.8. The van der Waals surface area contributed by atoms with Gasteiger partial charge in [-0.2, -0.15) is 0 Å². The van der Waals surface area contributed by atoms with Crippen LogP contribution in [0.4, 0.5) is 11.4 Å². The summed E-state index contributed by atoms with van der Waals surface area (Å²) >= 11 is 0. The average Bonchev–Trinajstić information content (AvgIpc) is 2.81. The fraction of sp³-hybridized carbons (Fsp3) is 0.400. The van der Waals surface area contributed by atoms with Crippen LogP contribution in [0.5, 0.6) is 0 Å². The molecule has 0 bridgehead atoms. The van der Waals surface area contributed by atoms with Gasteiger partial charge in [-0.25, -0.2) is 4.79 Å². The van der Waals surface area contributed by atoms with Crippen LogP contribution in [0.3, 0.4) is 0 Å². The van der Waals surface area contributed by atoms with Crippen molar-refractivity contribution in [1.29, 1.82) is 0 Å². The van der Waals surface area contributed by atoms with Gasteiger partial charge in [0.05, 0.1) is 23.5 Å². The first-order valence-electron chi connectivity index (χ1n) is 11.3. The second-order valence-corrected chi connectivity index (χ2v) is 8.19. The van der Waals surface area contributed by atoms with Gasteiger partial charge >= 0.3 is 5.97 Å². The molecule has 2 amide bonds. The lowest BCUT2D eigenvalue weighted by Gasteiger charge is -2.37. The van der Waals surface area contributed by atoms with E-state index in [9.17, 15) is 19.5 Å². The molecule has 176 valence electrons. The van der Waals surface area contributed by atoms with Crippen molar-refractivity contribution in [2.45, 2.75) is 20.8 Å². The first-order valence-corrected chi connectivity index (χ1v) is 11.3. The molecule has 1 heterocycles. The number of likely N-dealkylation sites (N-methyl/N-ethyl adjacent to an activating group) is 1. The molecule has 33 heavy (non-hydrogen) atoms. The third kappa shape index (κ3) is 6.10. The molecule has 8 nitrogen and oxygen atoms in total. The monoisotopic (exact) mass is 452 g/mol. The number of hydrogen-bond donors (Lipinski definition) is 2. The van der Waals surface area contributed by atoms with Crippen LogP contribution in [0.25, 0.3) is 0 Å². The number of rotatable bonds is 8. The Labute approximate surface area is 194 Å². The smallest absolute Gasteiger partial charge is 0.335 e. The second kappa shape index (κ2) is 11.0. The fourth-order valence-corrected chi connectivity index (χ4v) is 3.96. The van der Waals surface area contributed by atoms with Gasteiger partial charge in [0.15, 0.2) is 0 Å². The van der Waals surface area contributed by atoms with E-state index >= 15 is 0 Å². The number of benzene rings is 2. The Morgan fingerprint density at radius 2 is 1.55 bits per heavy atom. The summed E-state index contributed by atoms with van der Waals surface area (Å²) in [6.07, 6.45) is 0.